The van der Waals surface area contributed by atoms with Gasteiger partial charge >= 0.3 is 5.97 Å². The molecule has 0 N–H and O–H groups in total. The highest BCUT2D eigenvalue weighted by Crippen LogP contribution is 2.27. The first kappa shape index (κ1) is 11.9. The van der Waals surface area contributed by atoms with Crippen LogP contribution in [0.25, 0.3) is 0 Å². The minimum atomic E-state index is -0.114. The summed E-state index contributed by atoms with van der Waals surface area (Å²) >= 11 is 0. The van der Waals surface area contributed by atoms with Gasteiger partial charge in [-0.05, 0) is 24.0 Å². The SMILES string of the molecule is C=C1CCC(=O)O[C@H]1[C@H](C)Cc1ccccc1. The number of esters is 1. The third-order valence-corrected chi connectivity index (χ3v) is 3.23. The third kappa shape index (κ3) is 2.96. The summed E-state index contributed by atoms with van der Waals surface area (Å²) in [4.78, 5) is 11.3. The van der Waals surface area contributed by atoms with Gasteiger partial charge in [0.25, 0.3) is 0 Å². The molecule has 0 unspecified atom stereocenters. The number of benzene rings is 1. The van der Waals surface area contributed by atoms with Gasteiger partial charge in [0.15, 0.2) is 0 Å². The summed E-state index contributed by atoms with van der Waals surface area (Å²) < 4.78 is 5.39. The molecule has 1 aromatic rings. The molecule has 0 saturated carbocycles. The molecule has 2 heteroatoms. The van der Waals surface area contributed by atoms with Gasteiger partial charge in [-0.1, -0.05) is 43.8 Å². The predicted molar refractivity (Wildman–Crippen MR) is 67.6 cm³/mol. The van der Waals surface area contributed by atoms with E-state index in [0.717, 1.165) is 18.4 Å². The van der Waals surface area contributed by atoms with Crippen molar-refractivity contribution in [2.45, 2.75) is 32.3 Å². The highest BCUT2D eigenvalue weighted by molar-refractivity contribution is 5.71. The van der Waals surface area contributed by atoms with Gasteiger partial charge in [0, 0.05) is 12.3 Å². The lowest BCUT2D eigenvalue weighted by molar-refractivity contribution is -0.152. The molecule has 0 aliphatic carbocycles. The van der Waals surface area contributed by atoms with Crippen molar-refractivity contribution in [3.8, 4) is 0 Å². The summed E-state index contributed by atoms with van der Waals surface area (Å²) in [6.07, 6.45) is 2.05. The van der Waals surface area contributed by atoms with Crippen molar-refractivity contribution in [3.63, 3.8) is 0 Å². The molecule has 0 bridgehead atoms. The quantitative estimate of drug-likeness (QED) is 0.589. The van der Waals surface area contributed by atoms with E-state index in [1.807, 2.05) is 18.2 Å². The molecule has 1 aliphatic heterocycles. The minimum absolute atomic E-state index is 0.0951. The van der Waals surface area contributed by atoms with Crippen LogP contribution in [0.5, 0.6) is 0 Å². The maximum Gasteiger partial charge on any atom is 0.306 e. The number of rotatable bonds is 3. The summed E-state index contributed by atoms with van der Waals surface area (Å²) in [5, 5.41) is 0. The van der Waals surface area contributed by atoms with Crippen LogP contribution in [0.2, 0.25) is 0 Å². The van der Waals surface area contributed by atoms with E-state index in [1.165, 1.54) is 5.56 Å². The molecule has 2 nitrogen and oxygen atoms in total. The van der Waals surface area contributed by atoms with Crippen molar-refractivity contribution in [2.24, 2.45) is 5.92 Å². The summed E-state index contributed by atoms with van der Waals surface area (Å²) in [6.45, 7) is 6.13. The molecule has 1 heterocycles. The molecule has 2 rings (SSSR count). The van der Waals surface area contributed by atoms with Crippen molar-refractivity contribution >= 4 is 5.97 Å². The van der Waals surface area contributed by atoms with E-state index >= 15 is 0 Å². The highest BCUT2D eigenvalue weighted by atomic mass is 16.5. The van der Waals surface area contributed by atoms with Crippen molar-refractivity contribution < 1.29 is 9.53 Å². The van der Waals surface area contributed by atoms with Gasteiger partial charge < -0.3 is 4.74 Å². The number of carbonyl (C=O) groups is 1. The van der Waals surface area contributed by atoms with Crippen molar-refractivity contribution in [1.82, 2.24) is 0 Å². The molecule has 0 amide bonds. The van der Waals surface area contributed by atoms with Crippen molar-refractivity contribution in [1.29, 1.82) is 0 Å². The maximum absolute atomic E-state index is 11.3. The molecular formula is C15H18O2. The van der Waals surface area contributed by atoms with E-state index in [2.05, 4.69) is 25.6 Å². The zero-order valence-electron chi connectivity index (χ0n) is 10.2. The number of ether oxygens (including phenoxy) is 1. The topological polar surface area (TPSA) is 26.3 Å². The molecule has 0 radical (unpaired) electrons. The number of hydrogen-bond acceptors (Lipinski definition) is 2. The fourth-order valence-corrected chi connectivity index (χ4v) is 2.30. The van der Waals surface area contributed by atoms with Gasteiger partial charge in [-0.25, -0.2) is 0 Å². The zero-order chi connectivity index (χ0) is 12.3. The first-order valence-electron chi connectivity index (χ1n) is 6.08. The summed E-state index contributed by atoms with van der Waals surface area (Å²) in [7, 11) is 0. The van der Waals surface area contributed by atoms with Crippen LogP contribution in [0.4, 0.5) is 0 Å². The second-order valence-electron chi connectivity index (χ2n) is 4.74. The Morgan fingerprint density at radius 1 is 1.35 bits per heavy atom. The first-order chi connectivity index (χ1) is 8.16. The van der Waals surface area contributed by atoms with Crippen LogP contribution < -0.4 is 0 Å². The third-order valence-electron chi connectivity index (χ3n) is 3.23. The molecule has 1 aliphatic rings. The van der Waals surface area contributed by atoms with Crippen LogP contribution in [0.15, 0.2) is 42.5 Å². The van der Waals surface area contributed by atoms with E-state index in [0.29, 0.717) is 6.42 Å². The van der Waals surface area contributed by atoms with E-state index < -0.39 is 0 Å². The first-order valence-corrected chi connectivity index (χ1v) is 6.08. The van der Waals surface area contributed by atoms with Crippen LogP contribution in [0.1, 0.15) is 25.3 Å². The number of hydrogen-bond donors (Lipinski definition) is 0. The van der Waals surface area contributed by atoms with Crippen LogP contribution >= 0.6 is 0 Å². The Balaban J connectivity index is 2.01. The molecule has 1 saturated heterocycles. The second kappa shape index (κ2) is 5.17. The van der Waals surface area contributed by atoms with Gasteiger partial charge in [0.2, 0.25) is 0 Å². The average molecular weight is 230 g/mol. The molecule has 0 aromatic heterocycles. The van der Waals surface area contributed by atoms with Crippen LogP contribution in [0.3, 0.4) is 0 Å². The lowest BCUT2D eigenvalue weighted by Gasteiger charge is -2.29. The van der Waals surface area contributed by atoms with Crippen molar-refractivity contribution in [3.05, 3.63) is 48.0 Å². The Hall–Kier alpha value is -1.57. The Bertz CT molecular complexity index is 408. The summed E-state index contributed by atoms with van der Waals surface area (Å²) in [5.74, 6) is 0.191. The predicted octanol–water partition coefficient (Wildman–Crippen LogP) is 3.13. The molecule has 1 fully saturated rings. The van der Waals surface area contributed by atoms with Gasteiger partial charge in [-0.2, -0.15) is 0 Å². The summed E-state index contributed by atoms with van der Waals surface area (Å²) in [6, 6.07) is 10.3. The molecule has 0 spiro atoms. The molecular weight excluding hydrogens is 212 g/mol. The normalized spacial score (nSPS) is 22.1. The Labute approximate surface area is 102 Å². The largest absolute Gasteiger partial charge is 0.458 e. The standard InChI is InChI=1S/C15H18O2/c1-11-8-9-14(16)17-15(11)12(2)10-13-6-4-3-5-7-13/h3-7,12,15H,1,8-10H2,2H3/t12-,15-/m1/s1. The maximum atomic E-state index is 11.3. The van der Waals surface area contributed by atoms with Gasteiger partial charge in [-0.3, -0.25) is 4.79 Å². The van der Waals surface area contributed by atoms with E-state index in [-0.39, 0.29) is 18.0 Å². The molecule has 90 valence electrons. The monoisotopic (exact) mass is 230 g/mol. The second-order valence-corrected chi connectivity index (χ2v) is 4.74. The van der Waals surface area contributed by atoms with E-state index in [4.69, 9.17) is 4.74 Å². The van der Waals surface area contributed by atoms with Crippen LogP contribution in [-0.2, 0) is 16.0 Å². The number of carbonyl (C=O) groups excluding carboxylic acids is 1. The smallest absolute Gasteiger partial charge is 0.306 e. The van der Waals surface area contributed by atoms with Crippen LogP contribution in [-0.4, -0.2) is 12.1 Å². The lowest BCUT2D eigenvalue weighted by atomic mass is 9.88. The number of cyclic esters (lactones) is 1. The molecule has 17 heavy (non-hydrogen) atoms. The Kier molecular flexibility index (Phi) is 3.62. The van der Waals surface area contributed by atoms with E-state index in [9.17, 15) is 4.79 Å². The Morgan fingerprint density at radius 3 is 2.76 bits per heavy atom. The van der Waals surface area contributed by atoms with Gasteiger partial charge in [0.05, 0.1) is 0 Å². The Morgan fingerprint density at radius 2 is 2.06 bits per heavy atom. The lowest BCUT2D eigenvalue weighted by Crippen LogP contribution is -2.32. The average Bonchev–Trinajstić information content (AvgIpc) is 2.33. The van der Waals surface area contributed by atoms with Crippen LogP contribution in [0, 0.1) is 5.92 Å². The fourth-order valence-electron chi connectivity index (χ4n) is 2.30. The zero-order valence-corrected chi connectivity index (χ0v) is 10.2. The van der Waals surface area contributed by atoms with Gasteiger partial charge in [-0.15, -0.1) is 0 Å². The van der Waals surface area contributed by atoms with E-state index in [1.54, 1.807) is 0 Å². The van der Waals surface area contributed by atoms with Gasteiger partial charge in [0.1, 0.15) is 6.10 Å². The highest BCUT2D eigenvalue weighted by Gasteiger charge is 2.28. The van der Waals surface area contributed by atoms with Crippen molar-refractivity contribution in [2.75, 3.05) is 0 Å². The molecule has 2 atom stereocenters. The minimum Gasteiger partial charge on any atom is -0.458 e. The molecule has 1 aromatic carbocycles. The summed E-state index contributed by atoms with van der Waals surface area (Å²) in [5.41, 5.74) is 2.32. The fraction of sp³-hybridized carbons (Fsp3) is 0.400.